The molecule has 0 radical (unpaired) electrons. The number of benzene rings is 1. The number of likely N-dealkylation sites (tertiary alicyclic amines) is 1. The molecule has 7 heteroatoms. The first-order chi connectivity index (χ1) is 12.7. The topological polar surface area (TPSA) is 66.0 Å². The van der Waals surface area contributed by atoms with E-state index in [4.69, 9.17) is 4.74 Å². The Bertz CT molecular complexity index is 659. The number of carbonyl (C=O) groups is 1. The van der Waals surface area contributed by atoms with Gasteiger partial charge < -0.3 is 15.0 Å². The number of halogens is 1. The van der Waals surface area contributed by atoms with E-state index in [1.54, 1.807) is 13.2 Å². The van der Waals surface area contributed by atoms with E-state index in [9.17, 15) is 9.18 Å². The van der Waals surface area contributed by atoms with Crippen LogP contribution in [-0.4, -0.2) is 49.4 Å². The van der Waals surface area contributed by atoms with Crippen LogP contribution in [0.1, 0.15) is 44.1 Å². The molecule has 6 nitrogen and oxygen atoms in total. The van der Waals surface area contributed by atoms with Crippen LogP contribution in [0.5, 0.6) is 5.75 Å². The molecule has 0 bridgehead atoms. The van der Waals surface area contributed by atoms with Crippen LogP contribution in [0.3, 0.4) is 0 Å². The highest BCUT2D eigenvalue weighted by Gasteiger charge is 2.23. The summed E-state index contributed by atoms with van der Waals surface area (Å²) in [4.78, 5) is 14.6. The van der Waals surface area contributed by atoms with E-state index in [-0.39, 0.29) is 17.9 Å². The average Bonchev–Trinajstić information content (AvgIpc) is 3.11. The minimum absolute atomic E-state index is 0.0159. The van der Waals surface area contributed by atoms with Crippen molar-refractivity contribution in [1.82, 2.24) is 15.6 Å². The number of nitrogens with zero attached hydrogens (tertiary/aromatic N) is 2. The molecular weight excluding hydrogens is 335 g/mol. The quantitative estimate of drug-likeness (QED) is 0.781. The minimum atomic E-state index is -0.339. The minimum Gasteiger partial charge on any atom is -0.496 e. The van der Waals surface area contributed by atoms with Gasteiger partial charge in [0, 0.05) is 18.4 Å². The number of hydrogen-bond donors (Lipinski definition) is 2. The van der Waals surface area contributed by atoms with Gasteiger partial charge in [-0.1, -0.05) is 6.42 Å². The van der Waals surface area contributed by atoms with E-state index in [2.05, 4.69) is 20.7 Å². The Morgan fingerprint density at radius 1 is 1.38 bits per heavy atom. The van der Waals surface area contributed by atoms with Crippen molar-refractivity contribution in [2.45, 2.75) is 44.7 Å². The maximum atomic E-state index is 13.5. The number of amides is 1. The smallest absolute Gasteiger partial charge is 0.221 e. The number of carbonyl (C=O) groups excluding carboxylic acids is 1. The molecule has 1 unspecified atom stereocenters. The number of nitrogens with one attached hydrogen (secondary N) is 2. The Morgan fingerprint density at radius 3 is 2.96 bits per heavy atom. The molecule has 1 aromatic rings. The fourth-order valence-corrected chi connectivity index (χ4v) is 3.51. The zero-order valence-electron chi connectivity index (χ0n) is 15.3. The normalized spacial score (nSPS) is 20.4. The van der Waals surface area contributed by atoms with Crippen LogP contribution in [0.2, 0.25) is 0 Å². The van der Waals surface area contributed by atoms with Crippen LogP contribution >= 0.6 is 0 Å². The van der Waals surface area contributed by atoms with Crippen LogP contribution in [0, 0.1) is 5.82 Å². The first kappa shape index (κ1) is 18.6. The zero-order chi connectivity index (χ0) is 18.4. The van der Waals surface area contributed by atoms with Gasteiger partial charge in [-0.25, -0.2) is 4.39 Å². The highest BCUT2D eigenvalue weighted by molar-refractivity contribution is 6.04. The second-order valence-electron chi connectivity index (χ2n) is 6.86. The third-order valence-corrected chi connectivity index (χ3v) is 4.89. The zero-order valence-corrected chi connectivity index (χ0v) is 15.3. The van der Waals surface area contributed by atoms with Crippen molar-refractivity contribution in [3.05, 3.63) is 29.6 Å². The summed E-state index contributed by atoms with van der Waals surface area (Å²) in [5, 5.41) is 7.19. The van der Waals surface area contributed by atoms with Crippen molar-refractivity contribution in [1.29, 1.82) is 0 Å². The summed E-state index contributed by atoms with van der Waals surface area (Å²) in [6, 6.07) is 4.34. The molecule has 1 atom stereocenters. The molecule has 0 aromatic heterocycles. The number of hydrazone groups is 1. The van der Waals surface area contributed by atoms with E-state index in [1.807, 2.05) is 0 Å². The van der Waals surface area contributed by atoms with Crippen LogP contribution in [0.25, 0.3) is 0 Å². The van der Waals surface area contributed by atoms with Crippen molar-refractivity contribution in [3.8, 4) is 5.75 Å². The molecule has 2 aliphatic rings. The third-order valence-electron chi connectivity index (χ3n) is 4.89. The first-order valence-electron chi connectivity index (χ1n) is 9.33. The van der Waals surface area contributed by atoms with Gasteiger partial charge in [0.05, 0.1) is 12.8 Å². The first-order valence-corrected chi connectivity index (χ1v) is 9.33. The predicted octanol–water partition coefficient (Wildman–Crippen LogP) is 2.24. The molecule has 2 heterocycles. The summed E-state index contributed by atoms with van der Waals surface area (Å²) in [6.45, 7) is 3.28. The molecule has 1 amide bonds. The lowest BCUT2D eigenvalue weighted by Gasteiger charge is -2.26. The molecule has 1 aromatic carbocycles. The lowest BCUT2D eigenvalue weighted by molar-refractivity contribution is -0.122. The lowest BCUT2D eigenvalue weighted by Crippen LogP contribution is -2.41. The standard InChI is InChI=1S/C19H27FN4O2/c1-26-17-8-7-14(20)12-15(17)16-13-18(23-22-16)21-19(25)6-5-11-24-9-3-2-4-10-24/h7-8,12,18,23H,2-6,9-11,13H2,1H3,(H,21,25). The van der Waals surface area contributed by atoms with E-state index in [1.165, 1.54) is 31.4 Å². The van der Waals surface area contributed by atoms with Gasteiger partial charge in [-0.2, -0.15) is 5.10 Å². The third kappa shape index (κ3) is 4.94. The molecule has 2 aliphatic heterocycles. The molecule has 1 saturated heterocycles. The molecule has 0 saturated carbocycles. The Balaban J connectivity index is 1.43. The summed E-state index contributed by atoms with van der Waals surface area (Å²) < 4.78 is 18.8. The molecule has 1 fully saturated rings. The summed E-state index contributed by atoms with van der Waals surface area (Å²) in [5.74, 6) is 0.247. The summed E-state index contributed by atoms with van der Waals surface area (Å²) >= 11 is 0. The number of hydrogen-bond acceptors (Lipinski definition) is 5. The molecule has 2 N–H and O–H groups in total. The number of piperidine rings is 1. The fourth-order valence-electron chi connectivity index (χ4n) is 3.51. The highest BCUT2D eigenvalue weighted by atomic mass is 19.1. The largest absolute Gasteiger partial charge is 0.496 e. The van der Waals surface area contributed by atoms with E-state index in [0.29, 0.717) is 29.9 Å². The molecule has 0 spiro atoms. The van der Waals surface area contributed by atoms with Crippen molar-refractivity contribution < 1.29 is 13.9 Å². The monoisotopic (exact) mass is 362 g/mol. The summed E-state index contributed by atoms with van der Waals surface area (Å²) in [6.07, 6.45) is 5.46. The van der Waals surface area contributed by atoms with Gasteiger partial charge in [0.25, 0.3) is 0 Å². The number of rotatable bonds is 7. The Labute approximate surface area is 153 Å². The molecule has 3 rings (SSSR count). The van der Waals surface area contributed by atoms with Crippen LogP contribution in [0.15, 0.2) is 23.3 Å². The lowest BCUT2D eigenvalue weighted by atomic mass is 10.1. The van der Waals surface area contributed by atoms with Crippen LogP contribution in [0.4, 0.5) is 4.39 Å². The average molecular weight is 362 g/mol. The van der Waals surface area contributed by atoms with Gasteiger partial charge >= 0.3 is 0 Å². The Kier molecular flexibility index (Phi) is 6.44. The van der Waals surface area contributed by atoms with Crippen molar-refractivity contribution in [2.75, 3.05) is 26.7 Å². The highest BCUT2D eigenvalue weighted by Crippen LogP contribution is 2.23. The van der Waals surface area contributed by atoms with Gasteiger partial charge in [0.2, 0.25) is 5.91 Å². The number of methoxy groups -OCH3 is 1. The van der Waals surface area contributed by atoms with Gasteiger partial charge in [-0.3, -0.25) is 10.2 Å². The summed E-state index contributed by atoms with van der Waals surface area (Å²) in [5.41, 5.74) is 4.21. The van der Waals surface area contributed by atoms with Gasteiger partial charge in [-0.15, -0.1) is 0 Å². The molecule has 26 heavy (non-hydrogen) atoms. The second kappa shape index (κ2) is 8.98. The molecular formula is C19H27FN4O2. The Morgan fingerprint density at radius 2 is 2.19 bits per heavy atom. The van der Waals surface area contributed by atoms with Gasteiger partial charge in [-0.05, 0) is 57.1 Å². The van der Waals surface area contributed by atoms with Gasteiger partial charge in [0.1, 0.15) is 17.7 Å². The molecule has 142 valence electrons. The van der Waals surface area contributed by atoms with E-state index in [0.717, 1.165) is 26.1 Å². The van der Waals surface area contributed by atoms with Crippen molar-refractivity contribution in [2.24, 2.45) is 5.10 Å². The molecule has 0 aliphatic carbocycles. The Hall–Kier alpha value is -2.15. The van der Waals surface area contributed by atoms with Gasteiger partial charge in [0.15, 0.2) is 0 Å². The fraction of sp³-hybridized carbons (Fsp3) is 0.579. The van der Waals surface area contributed by atoms with Crippen LogP contribution in [-0.2, 0) is 4.79 Å². The SMILES string of the molecule is COc1ccc(F)cc1C1=NNC(NC(=O)CCCN2CCCCC2)C1. The predicted molar refractivity (Wildman–Crippen MR) is 98.7 cm³/mol. The van der Waals surface area contributed by atoms with Crippen LogP contribution < -0.4 is 15.5 Å². The van der Waals surface area contributed by atoms with Crippen molar-refractivity contribution in [3.63, 3.8) is 0 Å². The second-order valence-corrected chi connectivity index (χ2v) is 6.86. The van der Waals surface area contributed by atoms with E-state index < -0.39 is 0 Å². The maximum Gasteiger partial charge on any atom is 0.221 e. The number of ether oxygens (including phenoxy) is 1. The summed E-state index contributed by atoms with van der Waals surface area (Å²) in [7, 11) is 1.54. The van der Waals surface area contributed by atoms with E-state index >= 15 is 0 Å². The maximum absolute atomic E-state index is 13.5. The van der Waals surface area contributed by atoms with Crippen molar-refractivity contribution >= 4 is 11.6 Å².